The van der Waals surface area contributed by atoms with Gasteiger partial charge in [0, 0.05) is 5.56 Å². The van der Waals surface area contributed by atoms with E-state index in [0.717, 1.165) is 0 Å². The number of hydrogen-bond donors (Lipinski definition) is 5. The van der Waals surface area contributed by atoms with Gasteiger partial charge in [-0.3, -0.25) is 0 Å². The fourth-order valence-electron chi connectivity index (χ4n) is 0.942. The van der Waals surface area contributed by atoms with Crippen LogP contribution in [-0.4, -0.2) is 5.11 Å². The molecule has 0 spiro atoms. The molecule has 0 saturated heterocycles. The monoisotopic (exact) mass is 168 g/mol. The zero-order chi connectivity index (χ0) is 9.46. The molecule has 0 saturated carbocycles. The second kappa shape index (κ2) is 2.37. The topological polar surface area (TPSA) is 124 Å². The van der Waals surface area contributed by atoms with E-state index in [9.17, 15) is 5.11 Å². The smallest absolute Gasteiger partial charge is 0.164 e. The maximum Gasteiger partial charge on any atom is 0.164 e. The summed E-state index contributed by atoms with van der Waals surface area (Å²) in [5.41, 5.74) is 23.2. The first kappa shape index (κ1) is 8.32. The number of nitrogens with two attached hydrogens (primary N) is 4. The number of nitrogen functional groups attached to an aromatic ring is 4. The molecule has 12 heavy (non-hydrogen) atoms. The van der Waals surface area contributed by atoms with Crippen molar-refractivity contribution in [1.82, 2.24) is 0 Å². The van der Waals surface area contributed by atoms with E-state index in [1.54, 1.807) is 6.92 Å². The first-order valence-corrected chi connectivity index (χ1v) is 3.38. The molecular weight excluding hydrogens is 156 g/mol. The molecule has 0 atom stereocenters. The Kier molecular flexibility index (Phi) is 1.64. The molecule has 1 aromatic carbocycles. The molecule has 5 nitrogen and oxygen atoms in total. The van der Waals surface area contributed by atoms with Crippen LogP contribution in [0.1, 0.15) is 5.56 Å². The summed E-state index contributed by atoms with van der Waals surface area (Å²) in [6.07, 6.45) is 0. The van der Waals surface area contributed by atoms with Crippen LogP contribution in [0.3, 0.4) is 0 Å². The van der Waals surface area contributed by atoms with Gasteiger partial charge in [-0.15, -0.1) is 0 Å². The lowest BCUT2D eigenvalue weighted by Gasteiger charge is -2.12. The molecule has 0 aliphatic rings. The minimum absolute atomic E-state index is 0.0376. The number of aromatic hydroxyl groups is 1. The lowest BCUT2D eigenvalue weighted by molar-refractivity contribution is 0.480. The highest BCUT2D eigenvalue weighted by molar-refractivity contribution is 5.90. The highest BCUT2D eigenvalue weighted by Crippen LogP contribution is 2.40. The zero-order valence-corrected chi connectivity index (χ0v) is 6.76. The number of phenols is 1. The number of hydrogen-bond acceptors (Lipinski definition) is 5. The Morgan fingerprint density at radius 2 is 1.33 bits per heavy atom. The van der Waals surface area contributed by atoms with E-state index in [0.29, 0.717) is 11.3 Å². The maximum absolute atomic E-state index is 9.31. The molecule has 0 fully saturated rings. The lowest BCUT2D eigenvalue weighted by atomic mass is 10.1. The standard InChI is InChI=1S/C7H12N4O/c1-2-3(8)5(10)6(11)7(12)4(2)9/h12H,8-11H2,1H3. The van der Waals surface area contributed by atoms with Crippen LogP contribution in [0.4, 0.5) is 22.7 Å². The third-order valence-electron chi connectivity index (χ3n) is 1.90. The highest BCUT2D eigenvalue weighted by Gasteiger charge is 2.13. The van der Waals surface area contributed by atoms with Crippen LogP contribution in [-0.2, 0) is 0 Å². The second-order valence-corrected chi connectivity index (χ2v) is 2.63. The van der Waals surface area contributed by atoms with Gasteiger partial charge in [-0.2, -0.15) is 0 Å². The molecule has 66 valence electrons. The molecule has 0 bridgehead atoms. The normalized spacial score (nSPS) is 10.1. The predicted octanol–water partition coefficient (Wildman–Crippen LogP) is 0.0294. The van der Waals surface area contributed by atoms with E-state index in [1.807, 2.05) is 0 Å². The molecule has 0 unspecified atom stereocenters. The van der Waals surface area contributed by atoms with Gasteiger partial charge in [-0.25, -0.2) is 0 Å². The molecule has 0 aliphatic heterocycles. The van der Waals surface area contributed by atoms with Crippen molar-refractivity contribution in [3.05, 3.63) is 5.56 Å². The average molecular weight is 168 g/mol. The molecule has 9 N–H and O–H groups in total. The summed E-state index contributed by atoms with van der Waals surface area (Å²) in [6, 6.07) is 0. The van der Waals surface area contributed by atoms with Crippen molar-refractivity contribution >= 4 is 22.7 Å². The Hall–Kier alpha value is -1.78. The molecule has 0 amide bonds. The van der Waals surface area contributed by atoms with Crippen molar-refractivity contribution in [2.24, 2.45) is 0 Å². The Morgan fingerprint density at radius 3 is 1.83 bits per heavy atom. The van der Waals surface area contributed by atoms with Crippen molar-refractivity contribution in [1.29, 1.82) is 0 Å². The molecule has 0 aromatic heterocycles. The van der Waals surface area contributed by atoms with E-state index in [-0.39, 0.29) is 22.8 Å². The van der Waals surface area contributed by atoms with Gasteiger partial charge < -0.3 is 28.0 Å². The fraction of sp³-hybridized carbons (Fsp3) is 0.143. The van der Waals surface area contributed by atoms with Gasteiger partial charge in [0.05, 0.1) is 17.1 Å². The molecular formula is C7H12N4O. The van der Waals surface area contributed by atoms with Crippen molar-refractivity contribution in [2.75, 3.05) is 22.9 Å². The fourth-order valence-corrected chi connectivity index (χ4v) is 0.942. The van der Waals surface area contributed by atoms with E-state index in [1.165, 1.54) is 0 Å². The molecule has 0 heterocycles. The van der Waals surface area contributed by atoms with Gasteiger partial charge >= 0.3 is 0 Å². The van der Waals surface area contributed by atoms with Crippen molar-refractivity contribution < 1.29 is 5.11 Å². The average Bonchev–Trinajstić information content (AvgIpc) is 2.08. The number of anilines is 4. The summed E-state index contributed by atoms with van der Waals surface area (Å²) < 4.78 is 0. The van der Waals surface area contributed by atoms with Crippen LogP contribution in [0, 0.1) is 6.92 Å². The third kappa shape index (κ3) is 0.868. The van der Waals surface area contributed by atoms with E-state index in [2.05, 4.69) is 0 Å². The van der Waals surface area contributed by atoms with E-state index in [4.69, 9.17) is 22.9 Å². The summed E-state index contributed by atoms with van der Waals surface area (Å²) in [6.45, 7) is 1.67. The summed E-state index contributed by atoms with van der Waals surface area (Å²) in [5.74, 6) is -0.195. The van der Waals surface area contributed by atoms with Crippen molar-refractivity contribution in [2.45, 2.75) is 6.92 Å². The predicted molar refractivity (Wildman–Crippen MR) is 50.5 cm³/mol. The third-order valence-corrected chi connectivity index (χ3v) is 1.90. The van der Waals surface area contributed by atoms with Gasteiger partial charge in [0.25, 0.3) is 0 Å². The van der Waals surface area contributed by atoms with Gasteiger partial charge in [0.1, 0.15) is 5.69 Å². The van der Waals surface area contributed by atoms with Gasteiger partial charge in [-0.1, -0.05) is 0 Å². The lowest BCUT2D eigenvalue weighted by Crippen LogP contribution is -2.05. The van der Waals surface area contributed by atoms with Crippen LogP contribution in [0.2, 0.25) is 0 Å². The molecule has 0 radical (unpaired) electrons. The minimum Gasteiger partial charge on any atom is -0.504 e. The molecule has 0 aliphatic carbocycles. The molecule has 1 aromatic rings. The van der Waals surface area contributed by atoms with Crippen molar-refractivity contribution in [3.8, 4) is 5.75 Å². The Labute approximate surface area is 70.0 Å². The summed E-state index contributed by atoms with van der Waals surface area (Å²) >= 11 is 0. The quantitative estimate of drug-likeness (QED) is 0.212. The van der Waals surface area contributed by atoms with Crippen molar-refractivity contribution in [3.63, 3.8) is 0 Å². The Bertz CT molecular complexity index is 230. The Morgan fingerprint density at radius 1 is 0.833 bits per heavy atom. The maximum atomic E-state index is 9.31. The van der Waals surface area contributed by atoms with Crippen LogP contribution in [0.25, 0.3) is 0 Å². The van der Waals surface area contributed by atoms with E-state index < -0.39 is 0 Å². The van der Waals surface area contributed by atoms with Crippen LogP contribution in [0.15, 0.2) is 0 Å². The van der Waals surface area contributed by atoms with E-state index >= 15 is 0 Å². The largest absolute Gasteiger partial charge is 0.504 e. The van der Waals surface area contributed by atoms with Gasteiger partial charge in [-0.05, 0) is 6.92 Å². The molecule has 1 rings (SSSR count). The number of rotatable bonds is 0. The molecule has 5 heteroatoms. The number of benzene rings is 1. The Balaban J connectivity index is 3.60. The van der Waals surface area contributed by atoms with Crippen LogP contribution in [0.5, 0.6) is 5.75 Å². The SMILES string of the molecule is Cc1c(N)c(N)c(N)c(O)c1N. The minimum atomic E-state index is -0.195. The zero-order valence-electron chi connectivity index (χ0n) is 6.76. The first-order valence-electron chi connectivity index (χ1n) is 3.38. The summed E-state index contributed by atoms with van der Waals surface area (Å²) in [4.78, 5) is 0. The van der Waals surface area contributed by atoms with Gasteiger partial charge in [0.15, 0.2) is 5.75 Å². The van der Waals surface area contributed by atoms with Crippen LogP contribution >= 0.6 is 0 Å². The van der Waals surface area contributed by atoms with Crippen LogP contribution < -0.4 is 22.9 Å². The van der Waals surface area contributed by atoms with Gasteiger partial charge in [0.2, 0.25) is 0 Å². The summed E-state index contributed by atoms with van der Waals surface area (Å²) in [5, 5.41) is 9.31. The summed E-state index contributed by atoms with van der Waals surface area (Å²) in [7, 11) is 0. The first-order chi connectivity index (χ1) is 5.46. The number of phenolic OH excluding ortho intramolecular Hbond substituents is 1. The highest BCUT2D eigenvalue weighted by atomic mass is 16.3. The second-order valence-electron chi connectivity index (χ2n) is 2.63.